The summed E-state index contributed by atoms with van der Waals surface area (Å²) in [7, 11) is 1.63. The lowest BCUT2D eigenvalue weighted by molar-refractivity contribution is -0.114. The summed E-state index contributed by atoms with van der Waals surface area (Å²) in [6.45, 7) is 6.40. The van der Waals surface area contributed by atoms with E-state index in [1.54, 1.807) is 7.11 Å². The number of para-hydroxylation sites is 1. The maximum absolute atomic E-state index is 12.4. The number of benzene rings is 2. The van der Waals surface area contributed by atoms with Crippen molar-refractivity contribution in [2.24, 2.45) is 0 Å². The Morgan fingerprint density at radius 1 is 1.08 bits per heavy atom. The molecule has 2 rings (SSSR count). The van der Waals surface area contributed by atoms with E-state index in [4.69, 9.17) is 4.74 Å². The Morgan fingerprint density at radius 3 is 2.33 bits per heavy atom. The van der Waals surface area contributed by atoms with E-state index >= 15 is 0 Å². The second-order valence-electron chi connectivity index (χ2n) is 5.76. The van der Waals surface area contributed by atoms with Crippen LogP contribution in [0, 0.1) is 6.92 Å². The predicted octanol–water partition coefficient (Wildman–Crippen LogP) is 4.18. The number of carbonyl (C=O) groups excluding carboxylic acids is 1. The molecule has 0 atom stereocenters. The van der Waals surface area contributed by atoms with Gasteiger partial charge < -0.3 is 15.4 Å². The van der Waals surface area contributed by atoms with Crippen molar-refractivity contribution in [2.45, 2.75) is 33.6 Å². The minimum Gasteiger partial charge on any atom is -0.495 e. The van der Waals surface area contributed by atoms with Crippen LogP contribution in [0.1, 0.15) is 30.5 Å². The summed E-state index contributed by atoms with van der Waals surface area (Å²) in [6.07, 6.45) is 1.78. The maximum Gasteiger partial charge on any atom is 0.243 e. The number of rotatable bonds is 7. The molecule has 0 aliphatic heterocycles. The molecule has 0 aliphatic carbocycles. The van der Waals surface area contributed by atoms with Gasteiger partial charge in [0.1, 0.15) is 5.75 Å². The zero-order chi connectivity index (χ0) is 17.5. The van der Waals surface area contributed by atoms with E-state index in [1.165, 1.54) is 0 Å². The maximum atomic E-state index is 12.4. The van der Waals surface area contributed by atoms with Crippen molar-refractivity contribution in [3.8, 4) is 5.75 Å². The van der Waals surface area contributed by atoms with Gasteiger partial charge in [0.25, 0.3) is 0 Å². The van der Waals surface area contributed by atoms with Gasteiger partial charge >= 0.3 is 0 Å². The van der Waals surface area contributed by atoms with Gasteiger partial charge in [-0.15, -0.1) is 0 Å². The molecular formula is C20H26N2O2. The molecule has 0 heterocycles. The summed E-state index contributed by atoms with van der Waals surface area (Å²) in [4.78, 5) is 12.4. The summed E-state index contributed by atoms with van der Waals surface area (Å²) in [5.41, 5.74) is 5.22. The lowest BCUT2D eigenvalue weighted by Gasteiger charge is -2.16. The highest BCUT2D eigenvalue weighted by Crippen LogP contribution is 2.25. The summed E-state index contributed by atoms with van der Waals surface area (Å²) >= 11 is 0. The number of ether oxygens (including phenoxy) is 1. The highest BCUT2D eigenvalue weighted by atomic mass is 16.5. The summed E-state index contributed by atoms with van der Waals surface area (Å²) < 4.78 is 5.33. The first-order valence-electron chi connectivity index (χ1n) is 8.38. The normalized spacial score (nSPS) is 10.3. The Hall–Kier alpha value is -2.49. The summed E-state index contributed by atoms with van der Waals surface area (Å²) in [5.74, 6) is 0.672. The number of hydrogen-bond donors (Lipinski definition) is 2. The zero-order valence-corrected chi connectivity index (χ0v) is 14.9. The average molecular weight is 326 g/mol. The molecule has 0 bridgehead atoms. The minimum atomic E-state index is -0.0610. The van der Waals surface area contributed by atoms with E-state index in [9.17, 15) is 4.79 Å². The summed E-state index contributed by atoms with van der Waals surface area (Å²) in [6, 6.07) is 12.0. The van der Waals surface area contributed by atoms with Gasteiger partial charge in [-0.05, 0) is 48.6 Å². The first-order valence-corrected chi connectivity index (χ1v) is 8.38. The lowest BCUT2D eigenvalue weighted by Crippen LogP contribution is -2.23. The van der Waals surface area contributed by atoms with Crippen molar-refractivity contribution < 1.29 is 9.53 Å². The van der Waals surface area contributed by atoms with Gasteiger partial charge in [-0.3, -0.25) is 4.79 Å². The molecule has 24 heavy (non-hydrogen) atoms. The molecule has 0 aromatic heterocycles. The third-order valence-electron chi connectivity index (χ3n) is 4.06. The predicted molar refractivity (Wildman–Crippen MR) is 100 cm³/mol. The van der Waals surface area contributed by atoms with E-state index in [0.29, 0.717) is 0 Å². The van der Waals surface area contributed by atoms with Crippen LogP contribution in [0.5, 0.6) is 5.75 Å². The zero-order valence-electron chi connectivity index (χ0n) is 14.9. The highest BCUT2D eigenvalue weighted by molar-refractivity contribution is 5.95. The molecule has 0 unspecified atom stereocenters. The molecule has 0 radical (unpaired) electrons. The quantitative estimate of drug-likeness (QED) is 0.802. The van der Waals surface area contributed by atoms with Crippen LogP contribution >= 0.6 is 0 Å². The lowest BCUT2D eigenvalue weighted by atomic mass is 10.0. The first kappa shape index (κ1) is 17.9. The van der Waals surface area contributed by atoms with E-state index < -0.39 is 0 Å². The van der Waals surface area contributed by atoms with Gasteiger partial charge in [0.05, 0.1) is 19.3 Å². The monoisotopic (exact) mass is 326 g/mol. The van der Waals surface area contributed by atoms with Crippen LogP contribution in [0.15, 0.2) is 36.4 Å². The third-order valence-corrected chi connectivity index (χ3v) is 4.06. The minimum absolute atomic E-state index is 0.0610. The molecular weight excluding hydrogens is 300 g/mol. The molecule has 0 saturated heterocycles. The molecule has 0 fully saturated rings. The van der Waals surface area contributed by atoms with E-state index in [0.717, 1.165) is 46.7 Å². The van der Waals surface area contributed by atoms with Crippen LogP contribution in [0.4, 0.5) is 11.4 Å². The van der Waals surface area contributed by atoms with Gasteiger partial charge in [-0.1, -0.05) is 38.1 Å². The third kappa shape index (κ3) is 4.28. The standard InChI is InChI=1S/C20H26N2O2/c1-5-15-8-7-9-16(6-2)20(15)22-19(23)13-21-17-12-14(3)10-11-18(17)24-4/h7-12,21H,5-6,13H2,1-4H3,(H,22,23). The van der Waals surface area contributed by atoms with Crippen molar-refractivity contribution in [3.63, 3.8) is 0 Å². The molecule has 4 heteroatoms. The van der Waals surface area contributed by atoms with Crippen molar-refractivity contribution in [1.29, 1.82) is 0 Å². The molecule has 2 N–H and O–H groups in total. The number of methoxy groups -OCH3 is 1. The number of nitrogens with one attached hydrogen (secondary N) is 2. The second kappa shape index (κ2) is 8.39. The molecule has 2 aromatic rings. The number of hydrogen-bond acceptors (Lipinski definition) is 3. The van der Waals surface area contributed by atoms with Crippen molar-refractivity contribution in [2.75, 3.05) is 24.3 Å². The van der Waals surface area contributed by atoms with Crippen molar-refractivity contribution in [1.82, 2.24) is 0 Å². The Morgan fingerprint density at radius 2 is 1.75 bits per heavy atom. The van der Waals surface area contributed by atoms with Gasteiger partial charge in [0.15, 0.2) is 0 Å². The van der Waals surface area contributed by atoms with Crippen LogP contribution in [-0.2, 0) is 17.6 Å². The SMILES string of the molecule is CCc1cccc(CC)c1NC(=O)CNc1cc(C)ccc1OC. The van der Waals surface area contributed by atoms with Crippen molar-refractivity contribution in [3.05, 3.63) is 53.1 Å². The topological polar surface area (TPSA) is 50.4 Å². The fourth-order valence-corrected chi connectivity index (χ4v) is 2.72. The van der Waals surface area contributed by atoms with Crippen LogP contribution in [0.2, 0.25) is 0 Å². The second-order valence-corrected chi connectivity index (χ2v) is 5.76. The molecule has 0 aliphatic rings. The van der Waals surface area contributed by atoms with Crippen molar-refractivity contribution >= 4 is 17.3 Å². The molecule has 0 spiro atoms. The fourth-order valence-electron chi connectivity index (χ4n) is 2.72. The fraction of sp³-hybridized carbons (Fsp3) is 0.350. The summed E-state index contributed by atoms with van der Waals surface area (Å²) in [5, 5.41) is 6.22. The van der Waals surface area contributed by atoms with Crippen LogP contribution in [0.25, 0.3) is 0 Å². The van der Waals surface area contributed by atoms with E-state index in [1.807, 2.05) is 31.2 Å². The van der Waals surface area contributed by atoms with Crippen LogP contribution < -0.4 is 15.4 Å². The number of anilines is 2. The Kier molecular flexibility index (Phi) is 6.24. The Labute approximate surface area is 144 Å². The number of aryl methyl sites for hydroxylation is 3. The van der Waals surface area contributed by atoms with E-state index in [2.05, 4.69) is 36.6 Å². The average Bonchev–Trinajstić information content (AvgIpc) is 2.60. The smallest absolute Gasteiger partial charge is 0.243 e. The Balaban J connectivity index is 2.08. The number of amides is 1. The molecule has 0 saturated carbocycles. The number of carbonyl (C=O) groups is 1. The van der Waals surface area contributed by atoms with Crippen LogP contribution in [0.3, 0.4) is 0 Å². The van der Waals surface area contributed by atoms with Gasteiger partial charge in [0.2, 0.25) is 5.91 Å². The van der Waals surface area contributed by atoms with Crippen LogP contribution in [-0.4, -0.2) is 19.6 Å². The molecule has 1 amide bonds. The van der Waals surface area contributed by atoms with Gasteiger partial charge in [0, 0.05) is 5.69 Å². The van der Waals surface area contributed by atoms with Gasteiger partial charge in [-0.2, -0.15) is 0 Å². The largest absolute Gasteiger partial charge is 0.495 e. The first-order chi connectivity index (χ1) is 11.6. The molecule has 4 nitrogen and oxygen atoms in total. The molecule has 128 valence electrons. The van der Waals surface area contributed by atoms with Gasteiger partial charge in [-0.25, -0.2) is 0 Å². The highest BCUT2D eigenvalue weighted by Gasteiger charge is 2.11. The Bertz CT molecular complexity index is 689. The molecule has 2 aromatic carbocycles. The van der Waals surface area contributed by atoms with E-state index in [-0.39, 0.29) is 12.5 Å².